The van der Waals surface area contributed by atoms with Gasteiger partial charge in [-0.1, -0.05) is 0 Å². The molecule has 1 atom stereocenters. The van der Waals surface area contributed by atoms with Crippen molar-refractivity contribution in [1.82, 2.24) is 10.2 Å². The van der Waals surface area contributed by atoms with Crippen LogP contribution in [0.5, 0.6) is 0 Å². The first kappa shape index (κ1) is 10.8. The van der Waals surface area contributed by atoms with E-state index in [0.717, 1.165) is 19.3 Å². The Morgan fingerprint density at radius 1 is 1.35 bits per heavy atom. The minimum Gasteiger partial charge on any atom is -0.440 e. The van der Waals surface area contributed by atoms with Crippen LogP contribution < -0.4 is 5.32 Å². The van der Waals surface area contributed by atoms with E-state index in [1.165, 1.54) is 0 Å². The quantitative estimate of drug-likeness (QED) is 0.693. The molecular formula is C11H16N2O4. The van der Waals surface area contributed by atoms with Crippen molar-refractivity contribution in [1.29, 1.82) is 0 Å². The van der Waals surface area contributed by atoms with Gasteiger partial charge in [0.15, 0.2) is 6.04 Å². The zero-order valence-corrected chi connectivity index (χ0v) is 9.61. The van der Waals surface area contributed by atoms with Gasteiger partial charge in [0.25, 0.3) is 0 Å². The third kappa shape index (κ3) is 1.67. The Morgan fingerprint density at radius 2 is 2.06 bits per heavy atom. The first-order valence-corrected chi connectivity index (χ1v) is 6.07. The van der Waals surface area contributed by atoms with Crippen molar-refractivity contribution >= 4 is 12.0 Å². The Balaban J connectivity index is 1.73. The number of ether oxygens (including phenoxy) is 2. The van der Waals surface area contributed by atoms with Crippen molar-refractivity contribution in [2.45, 2.75) is 30.9 Å². The molecular weight excluding hydrogens is 224 g/mol. The number of morpholine rings is 1. The summed E-state index contributed by atoms with van der Waals surface area (Å²) in [5, 5.41) is 2.65. The second-order valence-corrected chi connectivity index (χ2v) is 4.82. The molecule has 0 radical (unpaired) electrons. The molecule has 3 rings (SSSR count). The Bertz CT molecular complexity index is 347. The molecule has 3 fully saturated rings. The highest BCUT2D eigenvalue weighted by Gasteiger charge is 2.57. The molecule has 0 aromatic rings. The van der Waals surface area contributed by atoms with Crippen LogP contribution in [0.25, 0.3) is 0 Å². The number of hydrogen-bond acceptors (Lipinski definition) is 4. The molecule has 0 aromatic carbocycles. The third-order valence-electron chi connectivity index (χ3n) is 3.85. The molecule has 6 nitrogen and oxygen atoms in total. The van der Waals surface area contributed by atoms with Crippen molar-refractivity contribution in [3.05, 3.63) is 0 Å². The van der Waals surface area contributed by atoms with Crippen LogP contribution in [0.3, 0.4) is 0 Å². The first-order chi connectivity index (χ1) is 8.21. The average molecular weight is 240 g/mol. The summed E-state index contributed by atoms with van der Waals surface area (Å²) in [5.41, 5.74) is -0.563. The molecule has 1 spiro atoms. The molecule has 6 heteroatoms. The predicted octanol–water partition coefficient (Wildman–Crippen LogP) is -0.124. The maximum Gasteiger partial charge on any atom is 0.408 e. The molecule has 1 saturated carbocycles. The number of rotatable bonds is 1. The molecule has 2 aliphatic heterocycles. The fourth-order valence-corrected chi connectivity index (χ4v) is 2.69. The lowest BCUT2D eigenvalue weighted by atomic mass is 9.74. The van der Waals surface area contributed by atoms with Gasteiger partial charge in [0.05, 0.1) is 13.2 Å². The van der Waals surface area contributed by atoms with Crippen molar-refractivity contribution in [2.75, 3.05) is 26.3 Å². The number of carbonyl (C=O) groups excluding carboxylic acids is 2. The van der Waals surface area contributed by atoms with Crippen molar-refractivity contribution in [3.63, 3.8) is 0 Å². The number of nitrogens with zero attached hydrogens (tertiary/aromatic N) is 1. The van der Waals surface area contributed by atoms with Crippen LogP contribution in [0.2, 0.25) is 0 Å². The van der Waals surface area contributed by atoms with Crippen LogP contribution >= 0.6 is 0 Å². The lowest BCUT2D eigenvalue weighted by Crippen LogP contribution is -2.59. The molecule has 0 aromatic heterocycles. The van der Waals surface area contributed by atoms with Gasteiger partial charge in [-0.2, -0.15) is 0 Å². The molecule has 1 aliphatic carbocycles. The van der Waals surface area contributed by atoms with Crippen LogP contribution in [0.1, 0.15) is 19.3 Å². The third-order valence-corrected chi connectivity index (χ3v) is 3.85. The predicted molar refractivity (Wildman–Crippen MR) is 57.4 cm³/mol. The van der Waals surface area contributed by atoms with E-state index in [-0.39, 0.29) is 5.91 Å². The summed E-state index contributed by atoms with van der Waals surface area (Å²) in [4.78, 5) is 25.4. The van der Waals surface area contributed by atoms with Gasteiger partial charge in [0.2, 0.25) is 5.91 Å². The van der Waals surface area contributed by atoms with Crippen LogP contribution in [0, 0.1) is 0 Å². The number of alkyl carbamates (subject to hydrolysis) is 1. The van der Waals surface area contributed by atoms with Crippen molar-refractivity contribution in [3.8, 4) is 0 Å². The minimum atomic E-state index is -0.563. The van der Waals surface area contributed by atoms with Crippen LogP contribution in [-0.2, 0) is 14.3 Å². The number of hydrogen-bond donors (Lipinski definition) is 1. The maximum atomic E-state index is 12.3. The Labute approximate surface area is 99.2 Å². The smallest absolute Gasteiger partial charge is 0.408 e. The molecule has 94 valence electrons. The highest BCUT2D eigenvalue weighted by atomic mass is 16.6. The normalized spacial score (nSPS) is 30.7. The largest absolute Gasteiger partial charge is 0.440 e. The number of nitrogens with one attached hydrogen (secondary N) is 1. The summed E-state index contributed by atoms with van der Waals surface area (Å²) < 4.78 is 10.5. The second kappa shape index (κ2) is 3.87. The van der Waals surface area contributed by atoms with E-state index in [2.05, 4.69) is 5.32 Å². The SMILES string of the molecule is O=C1NC(C(=O)N2CCOCC2)C2(CCC2)O1. The summed E-state index contributed by atoms with van der Waals surface area (Å²) in [6, 6.07) is -0.498. The summed E-state index contributed by atoms with van der Waals surface area (Å²) >= 11 is 0. The molecule has 1 N–H and O–H groups in total. The van der Waals surface area contributed by atoms with E-state index >= 15 is 0 Å². The van der Waals surface area contributed by atoms with Gasteiger partial charge < -0.3 is 19.7 Å². The van der Waals surface area contributed by atoms with Crippen molar-refractivity contribution < 1.29 is 19.1 Å². The monoisotopic (exact) mass is 240 g/mol. The van der Waals surface area contributed by atoms with Gasteiger partial charge in [-0.05, 0) is 19.3 Å². The Kier molecular flexibility index (Phi) is 2.47. The maximum absolute atomic E-state index is 12.3. The second-order valence-electron chi connectivity index (χ2n) is 4.82. The van der Waals surface area contributed by atoms with Crippen LogP contribution in [-0.4, -0.2) is 54.8 Å². The van der Waals surface area contributed by atoms with Gasteiger partial charge in [0, 0.05) is 13.1 Å². The van der Waals surface area contributed by atoms with Gasteiger partial charge in [0.1, 0.15) is 5.60 Å². The molecule has 2 heterocycles. The Hall–Kier alpha value is -1.30. The lowest BCUT2D eigenvalue weighted by molar-refractivity contribution is -0.144. The van der Waals surface area contributed by atoms with Crippen LogP contribution in [0.4, 0.5) is 4.79 Å². The highest BCUT2D eigenvalue weighted by Crippen LogP contribution is 2.42. The summed E-state index contributed by atoms with van der Waals surface area (Å²) in [6.07, 6.45) is 2.12. The molecule has 0 bridgehead atoms. The summed E-state index contributed by atoms with van der Waals surface area (Å²) in [5.74, 6) is -0.0288. The fraction of sp³-hybridized carbons (Fsp3) is 0.818. The van der Waals surface area contributed by atoms with Gasteiger partial charge >= 0.3 is 6.09 Å². The van der Waals surface area contributed by atoms with Crippen molar-refractivity contribution in [2.24, 2.45) is 0 Å². The standard InChI is InChI=1S/C11H16N2O4/c14-9(13-4-6-16-7-5-13)8-11(2-1-3-11)17-10(15)12-8/h8H,1-7H2,(H,12,15). The molecule has 2 amide bonds. The zero-order valence-electron chi connectivity index (χ0n) is 9.61. The van der Waals surface area contributed by atoms with Gasteiger partial charge in [-0.15, -0.1) is 0 Å². The lowest BCUT2D eigenvalue weighted by Gasteiger charge is -2.41. The number of carbonyl (C=O) groups is 2. The first-order valence-electron chi connectivity index (χ1n) is 6.07. The average Bonchev–Trinajstić information content (AvgIpc) is 2.67. The molecule has 1 unspecified atom stereocenters. The molecule has 3 aliphatic rings. The topological polar surface area (TPSA) is 67.9 Å². The van der Waals surface area contributed by atoms with Gasteiger partial charge in [-0.25, -0.2) is 4.79 Å². The van der Waals surface area contributed by atoms with E-state index in [1.54, 1.807) is 4.90 Å². The minimum absolute atomic E-state index is 0.0288. The van der Waals surface area contributed by atoms with Crippen LogP contribution in [0.15, 0.2) is 0 Å². The van der Waals surface area contributed by atoms with E-state index < -0.39 is 17.7 Å². The summed E-state index contributed by atoms with van der Waals surface area (Å²) in [6.45, 7) is 2.34. The fourth-order valence-electron chi connectivity index (χ4n) is 2.69. The van der Waals surface area contributed by atoms with E-state index in [9.17, 15) is 9.59 Å². The van der Waals surface area contributed by atoms with E-state index in [1.807, 2.05) is 0 Å². The zero-order chi connectivity index (χ0) is 11.9. The number of amides is 2. The highest BCUT2D eigenvalue weighted by molar-refractivity contribution is 5.90. The molecule has 17 heavy (non-hydrogen) atoms. The Morgan fingerprint density at radius 3 is 2.65 bits per heavy atom. The summed E-state index contributed by atoms with van der Waals surface area (Å²) in [7, 11) is 0. The van der Waals surface area contributed by atoms with E-state index in [4.69, 9.17) is 9.47 Å². The van der Waals surface area contributed by atoms with E-state index in [0.29, 0.717) is 26.3 Å². The molecule has 2 saturated heterocycles. The van der Waals surface area contributed by atoms with Gasteiger partial charge in [-0.3, -0.25) is 4.79 Å².